The molecule has 236 valence electrons. The van der Waals surface area contributed by atoms with Gasteiger partial charge in [-0.1, -0.05) is 146 Å². The molecule has 1 unspecified atom stereocenters. The number of pyridine rings is 1. The van der Waals surface area contributed by atoms with E-state index in [4.69, 9.17) is 9.97 Å². The molecule has 1 aliphatic rings. The van der Waals surface area contributed by atoms with E-state index in [9.17, 15) is 0 Å². The van der Waals surface area contributed by atoms with Crippen LogP contribution in [0.3, 0.4) is 0 Å². The average Bonchev–Trinajstić information content (AvgIpc) is 3.21. The molecule has 0 amide bonds. The number of rotatable bonds is 6. The fourth-order valence-electron chi connectivity index (χ4n) is 6.98. The number of benzene rings is 6. The van der Waals surface area contributed by atoms with Crippen LogP contribution in [-0.2, 0) is 6.42 Å². The Bertz CT molecular complexity index is 2500. The lowest BCUT2D eigenvalue weighted by atomic mass is 9.85. The highest BCUT2D eigenvalue weighted by molar-refractivity contribution is 5.88. The normalized spacial score (nSPS) is 13.6. The number of hydrogen-bond donors (Lipinski definition) is 0. The molecular weight excluding hydrogens is 607 g/mol. The van der Waals surface area contributed by atoms with Crippen LogP contribution in [0.1, 0.15) is 22.6 Å². The van der Waals surface area contributed by atoms with Crippen molar-refractivity contribution in [3.63, 3.8) is 0 Å². The molecule has 1 atom stereocenters. The summed E-state index contributed by atoms with van der Waals surface area (Å²) in [5, 5.41) is 2.47. The van der Waals surface area contributed by atoms with Crippen molar-refractivity contribution in [2.24, 2.45) is 0 Å². The van der Waals surface area contributed by atoms with Gasteiger partial charge >= 0.3 is 0 Å². The van der Waals surface area contributed by atoms with Gasteiger partial charge in [0.2, 0.25) is 0 Å². The van der Waals surface area contributed by atoms with Gasteiger partial charge < -0.3 is 0 Å². The summed E-state index contributed by atoms with van der Waals surface area (Å²) in [6, 6.07) is 56.0. The van der Waals surface area contributed by atoms with E-state index in [0.29, 0.717) is 11.7 Å². The van der Waals surface area contributed by atoms with Crippen molar-refractivity contribution in [1.82, 2.24) is 15.0 Å². The molecule has 0 fully saturated rings. The summed E-state index contributed by atoms with van der Waals surface area (Å²) in [6.07, 6.45) is 9.27. The Balaban J connectivity index is 1.10. The summed E-state index contributed by atoms with van der Waals surface area (Å²) in [5.74, 6) is 1.05. The van der Waals surface area contributed by atoms with Gasteiger partial charge in [0.05, 0.1) is 11.4 Å². The molecule has 3 nitrogen and oxygen atoms in total. The first-order valence-electron chi connectivity index (χ1n) is 17.1. The van der Waals surface area contributed by atoms with Crippen LogP contribution in [0.4, 0.5) is 0 Å². The second kappa shape index (κ2) is 12.9. The van der Waals surface area contributed by atoms with E-state index in [-0.39, 0.29) is 0 Å². The van der Waals surface area contributed by atoms with Gasteiger partial charge in [0, 0.05) is 35.0 Å². The van der Waals surface area contributed by atoms with Crippen molar-refractivity contribution in [1.29, 1.82) is 0 Å². The zero-order valence-corrected chi connectivity index (χ0v) is 27.4. The molecule has 8 aromatic rings. The molecule has 2 aromatic heterocycles. The predicted molar refractivity (Wildman–Crippen MR) is 206 cm³/mol. The highest BCUT2D eigenvalue weighted by Crippen LogP contribution is 2.34. The molecule has 0 spiro atoms. The SMILES string of the molecule is C1=CC(c2ccc(-c3nc(-c4ccc(-c5cccnc5)cc4)cc(-c4cccc(-c5ccc6ccccc6c5)c4)n3)cc2)Cc2ccccc21. The molecule has 50 heavy (non-hydrogen) atoms. The van der Waals surface area contributed by atoms with E-state index in [0.717, 1.165) is 51.2 Å². The Kier molecular flexibility index (Phi) is 7.64. The first-order chi connectivity index (χ1) is 24.7. The Morgan fingerprint density at radius 1 is 0.460 bits per heavy atom. The number of aromatic nitrogens is 3. The van der Waals surface area contributed by atoms with E-state index in [1.807, 2.05) is 12.3 Å². The van der Waals surface area contributed by atoms with E-state index < -0.39 is 0 Å². The van der Waals surface area contributed by atoms with Gasteiger partial charge in [0.25, 0.3) is 0 Å². The predicted octanol–water partition coefficient (Wildman–Crippen LogP) is 11.7. The monoisotopic (exact) mass is 639 g/mol. The van der Waals surface area contributed by atoms with Gasteiger partial charge in [-0.3, -0.25) is 4.98 Å². The summed E-state index contributed by atoms with van der Waals surface area (Å²) >= 11 is 0. The number of nitrogens with zero attached hydrogens (tertiary/aromatic N) is 3. The average molecular weight is 640 g/mol. The molecule has 3 heteroatoms. The van der Waals surface area contributed by atoms with E-state index in [1.165, 1.54) is 33.0 Å². The first-order valence-corrected chi connectivity index (χ1v) is 17.1. The second-order valence-corrected chi connectivity index (χ2v) is 12.9. The molecular formula is C47H33N3. The van der Waals surface area contributed by atoms with Gasteiger partial charge in [-0.25, -0.2) is 9.97 Å². The van der Waals surface area contributed by atoms with Crippen LogP contribution in [0, 0.1) is 0 Å². The zero-order chi connectivity index (χ0) is 33.3. The molecule has 0 radical (unpaired) electrons. The Morgan fingerprint density at radius 3 is 1.98 bits per heavy atom. The van der Waals surface area contributed by atoms with Gasteiger partial charge in [0.15, 0.2) is 5.82 Å². The lowest BCUT2D eigenvalue weighted by molar-refractivity contribution is 0.827. The van der Waals surface area contributed by atoms with Crippen molar-refractivity contribution >= 4 is 16.8 Å². The van der Waals surface area contributed by atoms with Crippen molar-refractivity contribution in [2.75, 3.05) is 0 Å². The maximum Gasteiger partial charge on any atom is 0.160 e. The Morgan fingerprint density at radius 2 is 1.14 bits per heavy atom. The molecule has 6 aromatic carbocycles. The Labute approximate surface area is 292 Å². The molecule has 1 aliphatic carbocycles. The third-order valence-electron chi connectivity index (χ3n) is 9.74. The molecule has 9 rings (SSSR count). The minimum Gasteiger partial charge on any atom is -0.264 e. The summed E-state index contributed by atoms with van der Waals surface area (Å²) in [7, 11) is 0. The number of fused-ring (bicyclic) bond motifs is 2. The quantitative estimate of drug-likeness (QED) is 0.182. The summed E-state index contributed by atoms with van der Waals surface area (Å²) in [6.45, 7) is 0. The largest absolute Gasteiger partial charge is 0.264 e. The molecule has 0 saturated heterocycles. The third kappa shape index (κ3) is 5.91. The maximum absolute atomic E-state index is 5.19. The lowest BCUT2D eigenvalue weighted by Gasteiger charge is -2.20. The molecule has 0 bridgehead atoms. The van der Waals surface area contributed by atoms with Crippen molar-refractivity contribution in [3.8, 4) is 56.2 Å². The minimum atomic E-state index is 0.345. The standard InChI is InChI=1S/C47H33N3/c1-3-9-38-27-41(24-18-32(38)7-1)34-16-22-37(23-17-34)47-49-45(36-20-14-35(15-21-36)44-13-6-26-48-31-44)30-46(50-47)43-12-5-11-40(29-43)42-25-19-33-8-2-4-10-39(33)28-42/h1-26,28-31,41H,27H2. The van der Waals surface area contributed by atoms with Gasteiger partial charge in [-0.05, 0) is 80.4 Å². The third-order valence-corrected chi connectivity index (χ3v) is 9.74. The van der Waals surface area contributed by atoms with Gasteiger partial charge in [-0.2, -0.15) is 0 Å². The lowest BCUT2D eigenvalue weighted by Crippen LogP contribution is -2.05. The number of hydrogen-bond acceptors (Lipinski definition) is 3. The fourth-order valence-corrected chi connectivity index (χ4v) is 6.98. The van der Waals surface area contributed by atoms with E-state index in [1.54, 1.807) is 6.20 Å². The zero-order valence-electron chi connectivity index (χ0n) is 27.4. The minimum absolute atomic E-state index is 0.345. The van der Waals surface area contributed by atoms with Crippen LogP contribution < -0.4 is 0 Å². The van der Waals surface area contributed by atoms with Crippen molar-refractivity contribution in [2.45, 2.75) is 12.3 Å². The van der Waals surface area contributed by atoms with E-state index >= 15 is 0 Å². The van der Waals surface area contributed by atoms with Crippen LogP contribution >= 0.6 is 0 Å². The molecule has 0 aliphatic heterocycles. The van der Waals surface area contributed by atoms with Crippen LogP contribution in [-0.4, -0.2) is 15.0 Å². The number of allylic oxidation sites excluding steroid dienone is 1. The van der Waals surface area contributed by atoms with Crippen LogP contribution in [0.15, 0.2) is 176 Å². The summed E-state index contributed by atoms with van der Waals surface area (Å²) < 4.78 is 0. The van der Waals surface area contributed by atoms with Crippen molar-refractivity contribution < 1.29 is 0 Å². The van der Waals surface area contributed by atoms with Crippen molar-refractivity contribution in [3.05, 3.63) is 193 Å². The second-order valence-electron chi connectivity index (χ2n) is 12.9. The van der Waals surface area contributed by atoms with Gasteiger partial charge in [-0.15, -0.1) is 0 Å². The highest BCUT2D eigenvalue weighted by atomic mass is 14.9. The molecule has 2 heterocycles. The first kappa shape index (κ1) is 29.7. The molecule has 0 saturated carbocycles. The smallest absolute Gasteiger partial charge is 0.160 e. The van der Waals surface area contributed by atoms with Crippen LogP contribution in [0.25, 0.3) is 73.0 Å². The fraction of sp³-hybridized carbons (Fsp3) is 0.0426. The topological polar surface area (TPSA) is 38.7 Å². The van der Waals surface area contributed by atoms with Crippen LogP contribution in [0.5, 0.6) is 0 Å². The van der Waals surface area contributed by atoms with E-state index in [2.05, 4.69) is 169 Å². The highest BCUT2D eigenvalue weighted by Gasteiger charge is 2.17. The summed E-state index contributed by atoms with van der Waals surface area (Å²) in [5.41, 5.74) is 13.4. The summed E-state index contributed by atoms with van der Waals surface area (Å²) in [4.78, 5) is 14.6. The van der Waals surface area contributed by atoms with Crippen LogP contribution in [0.2, 0.25) is 0 Å². The maximum atomic E-state index is 5.19. The Hall–Kier alpha value is -6.45. The molecule has 0 N–H and O–H groups in total. The van der Waals surface area contributed by atoms with Gasteiger partial charge in [0.1, 0.15) is 0 Å².